The van der Waals surface area contributed by atoms with Gasteiger partial charge in [0.05, 0.1) is 29.6 Å². The molecule has 10 nitrogen and oxygen atoms in total. The SMILES string of the molecule is CCOC(=O)CC1=C(C(=O)OCC)C(c2cccc([N+](=O)[O-])c2)C(C#N)=C(N)O1. The maximum Gasteiger partial charge on any atom is 0.338 e. The molecule has 0 spiro atoms. The van der Waals surface area contributed by atoms with Gasteiger partial charge in [-0.05, 0) is 19.4 Å². The van der Waals surface area contributed by atoms with Crippen molar-refractivity contribution in [1.29, 1.82) is 5.26 Å². The Morgan fingerprint density at radius 1 is 1.31 bits per heavy atom. The molecule has 0 fully saturated rings. The van der Waals surface area contributed by atoms with Crippen molar-refractivity contribution >= 4 is 17.6 Å². The van der Waals surface area contributed by atoms with E-state index in [1.807, 2.05) is 6.07 Å². The van der Waals surface area contributed by atoms with Gasteiger partial charge in [-0.25, -0.2) is 4.79 Å². The number of nitrogens with zero attached hydrogens (tertiary/aromatic N) is 2. The minimum absolute atomic E-state index is 0.0256. The predicted octanol–water partition coefficient (Wildman–Crippen LogP) is 2.17. The second kappa shape index (κ2) is 9.36. The molecule has 1 unspecified atom stereocenters. The van der Waals surface area contributed by atoms with E-state index in [0.29, 0.717) is 0 Å². The van der Waals surface area contributed by atoms with E-state index in [2.05, 4.69) is 0 Å². The molecule has 1 heterocycles. The summed E-state index contributed by atoms with van der Waals surface area (Å²) in [6, 6.07) is 7.30. The number of benzene rings is 1. The third-order valence-corrected chi connectivity index (χ3v) is 4.02. The quantitative estimate of drug-likeness (QED) is 0.411. The van der Waals surface area contributed by atoms with Crippen LogP contribution in [0.1, 0.15) is 31.7 Å². The Kier molecular flexibility index (Phi) is 6.92. The lowest BCUT2D eigenvalue weighted by Crippen LogP contribution is -2.27. The highest BCUT2D eigenvalue weighted by Crippen LogP contribution is 2.41. The highest BCUT2D eigenvalue weighted by Gasteiger charge is 2.38. The standard InChI is InChI=1S/C19H19N3O7/c1-3-27-15(23)9-14-17(19(24)28-4-2)16(13(10-20)18(21)29-14)11-6-5-7-12(8-11)22(25)26/h5-8,16H,3-4,9,21H2,1-2H3. The molecule has 2 N–H and O–H groups in total. The largest absolute Gasteiger partial charge is 0.466 e. The van der Waals surface area contributed by atoms with Crippen LogP contribution in [0.4, 0.5) is 5.69 Å². The highest BCUT2D eigenvalue weighted by atomic mass is 16.6. The summed E-state index contributed by atoms with van der Waals surface area (Å²) in [7, 11) is 0. The normalized spacial score (nSPS) is 16.0. The van der Waals surface area contributed by atoms with Gasteiger partial charge in [-0.3, -0.25) is 14.9 Å². The number of nitrogens with two attached hydrogens (primary N) is 1. The van der Waals surface area contributed by atoms with Crippen LogP contribution in [0.3, 0.4) is 0 Å². The van der Waals surface area contributed by atoms with Gasteiger partial charge in [0.15, 0.2) is 0 Å². The molecule has 0 bridgehead atoms. The van der Waals surface area contributed by atoms with Crippen LogP contribution in [0.25, 0.3) is 0 Å². The fraction of sp³-hybridized carbons (Fsp3) is 0.316. The van der Waals surface area contributed by atoms with Crippen molar-refractivity contribution in [3.05, 3.63) is 62.7 Å². The molecule has 1 aliphatic rings. The van der Waals surface area contributed by atoms with Crippen molar-refractivity contribution in [3.8, 4) is 6.07 Å². The van der Waals surface area contributed by atoms with Crippen LogP contribution in [0.5, 0.6) is 0 Å². The van der Waals surface area contributed by atoms with Crippen LogP contribution in [0.15, 0.2) is 47.1 Å². The minimum Gasteiger partial charge on any atom is -0.466 e. The third kappa shape index (κ3) is 4.70. The fourth-order valence-electron chi connectivity index (χ4n) is 2.88. The predicted molar refractivity (Wildman–Crippen MR) is 98.7 cm³/mol. The molecule has 10 heteroatoms. The van der Waals surface area contributed by atoms with Crippen LogP contribution < -0.4 is 5.73 Å². The number of esters is 2. The van der Waals surface area contributed by atoms with Crippen molar-refractivity contribution in [2.45, 2.75) is 26.2 Å². The van der Waals surface area contributed by atoms with E-state index in [4.69, 9.17) is 19.9 Å². The Morgan fingerprint density at radius 2 is 2.00 bits per heavy atom. The third-order valence-electron chi connectivity index (χ3n) is 4.02. The van der Waals surface area contributed by atoms with Gasteiger partial charge >= 0.3 is 11.9 Å². The first-order valence-corrected chi connectivity index (χ1v) is 8.71. The van der Waals surface area contributed by atoms with Crippen LogP contribution in [0, 0.1) is 21.4 Å². The maximum absolute atomic E-state index is 12.7. The number of allylic oxidation sites excluding steroid dienone is 1. The zero-order valence-corrected chi connectivity index (χ0v) is 15.8. The van der Waals surface area contributed by atoms with Gasteiger partial charge in [-0.2, -0.15) is 5.26 Å². The Hall–Kier alpha value is -3.87. The molecular weight excluding hydrogens is 382 g/mol. The van der Waals surface area contributed by atoms with E-state index < -0.39 is 29.2 Å². The summed E-state index contributed by atoms with van der Waals surface area (Å²) in [6.07, 6.45) is -0.424. The Bertz CT molecular complexity index is 943. The Balaban J connectivity index is 2.69. The van der Waals surface area contributed by atoms with Gasteiger partial charge in [-0.1, -0.05) is 12.1 Å². The Labute approximate surface area is 166 Å². The summed E-state index contributed by atoms with van der Waals surface area (Å²) in [4.78, 5) is 35.2. The topological polar surface area (TPSA) is 155 Å². The van der Waals surface area contributed by atoms with E-state index in [1.165, 1.54) is 24.3 Å². The molecule has 1 aromatic rings. The van der Waals surface area contributed by atoms with Crippen LogP contribution >= 0.6 is 0 Å². The van der Waals surface area contributed by atoms with Gasteiger partial charge < -0.3 is 19.9 Å². The monoisotopic (exact) mass is 401 g/mol. The molecule has 0 aromatic heterocycles. The lowest BCUT2D eigenvalue weighted by Gasteiger charge is -2.27. The second-order valence-electron chi connectivity index (χ2n) is 5.82. The number of nitriles is 1. The molecule has 1 aliphatic heterocycles. The smallest absolute Gasteiger partial charge is 0.338 e. The van der Waals surface area contributed by atoms with Crippen molar-refractivity contribution in [3.63, 3.8) is 0 Å². The molecule has 2 rings (SSSR count). The fourth-order valence-corrected chi connectivity index (χ4v) is 2.88. The van der Waals surface area contributed by atoms with Crippen LogP contribution in [0.2, 0.25) is 0 Å². The lowest BCUT2D eigenvalue weighted by atomic mass is 9.82. The molecular formula is C19H19N3O7. The van der Waals surface area contributed by atoms with Crippen LogP contribution in [-0.4, -0.2) is 30.1 Å². The number of carbonyl (C=O) groups is 2. The summed E-state index contributed by atoms with van der Waals surface area (Å²) < 4.78 is 15.4. The average molecular weight is 401 g/mol. The van der Waals surface area contributed by atoms with E-state index in [-0.39, 0.29) is 47.3 Å². The van der Waals surface area contributed by atoms with Crippen molar-refractivity contribution in [1.82, 2.24) is 0 Å². The van der Waals surface area contributed by atoms with Crippen molar-refractivity contribution < 1.29 is 28.7 Å². The van der Waals surface area contributed by atoms with Gasteiger partial charge in [0, 0.05) is 12.1 Å². The lowest BCUT2D eigenvalue weighted by molar-refractivity contribution is -0.384. The molecule has 0 radical (unpaired) electrons. The van der Waals surface area contributed by atoms with E-state index in [0.717, 1.165) is 0 Å². The molecule has 0 saturated heterocycles. The number of ether oxygens (including phenoxy) is 3. The minimum atomic E-state index is -1.10. The van der Waals surface area contributed by atoms with E-state index in [9.17, 15) is 25.0 Å². The van der Waals surface area contributed by atoms with Gasteiger partial charge in [0.25, 0.3) is 5.69 Å². The summed E-state index contributed by atoms with van der Waals surface area (Å²) in [6.45, 7) is 3.35. The average Bonchev–Trinajstić information content (AvgIpc) is 2.67. The highest BCUT2D eigenvalue weighted by molar-refractivity contribution is 5.93. The van der Waals surface area contributed by atoms with Gasteiger partial charge in [0.2, 0.25) is 5.88 Å². The molecule has 152 valence electrons. The number of nitro groups is 1. The molecule has 29 heavy (non-hydrogen) atoms. The summed E-state index contributed by atoms with van der Waals surface area (Å²) in [5.74, 6) is -3.04. The molecule has 0 amide bonds. The number of rotatable bonds is 7. The number of hydrogen-bond donors (Lipinski definition) is 1. The maximum atomic E-state index is 12.7. The number of non-ortho nitro benzene ring substituents is 1. The number of nitro benzene ring substituents is 1. The Morgan fingerprint density at radius 3 is 2.59 bits per heavy atom. The van der Waals surface area contributed by atoms with Crippen molar-refractivity contribution in [2.24, 2.45) is 5.73 Å². The second-order valence-corrected chi connectivity index (χ2v) is 5.82. The summed E-state index contributed by atoms with van der Waals surface area (Å²) in [5.41, 5.74) is 5.62. The van der Waals surface area contributed by atoms with Gasteiger partial charge in [-0.15, -0.1) is 0 Å². The first-order chi connectivity index (χ1) is 13.8. The molecule has 1 aromatic carbocycles. The van der Waals surface area contributed by atoms with E-state index in [1.54, 1.807) is 13.8 Å². The summed E-state index contributed by atoms with van der Waals surface area (Å²) in [5, 5.41) is 20.8. The molecule has 0 aliphatic carbocycles. The van der Waals surface area contributed by atoms with E-state index >= 15 is 0 Å². The number of carbonyl (C=O) groups excluding carboxylic acids is 2. The first kappa shape index (κ1) is 21.4. The molecule has 0 saturated carbocycles. The zero-order valence-electron chi connectivity index (χ0n) is 15.8. The van der Waals surface area contributed by atoms with Crippen molar-refractivity contribution in [2.75, 3.05) is 13.2 Å². The van der Waals surface area contributed by atoms with Gasteiger partial charge in [0.1, 0.15) is 23.8 Å². The molecule has 1 atom stereocenters. The zero-order chi connectivity index (χ0) is 21.6. The number of hydrogen-bond acceptors (Lipinski definition) is 9. The first-order valence-electron chi connectivity index (χ1n) is 8.71. The van der Waals surface area contributed by atoms with Crippen LogP contribution in [-0.2, 0) is 23.8 Å². The summed E-state index contributed by atoms with van der Waals surface area (Å²) >= 11 is 0.